The molecule has 7 heterocycles. The van der Waals surface area contributed by atoms with Crippen molar-refractivity contribution >= 4 is 0 Å². The highest BCUT2D eigenvalue weighted by Crippen LogP contribution is 2.26. The molecule has 0 spiro atoms. The lowest BCUT2D eigenvalue weighted by molar-refractivity contribution is 0.567. The largest absolute Gasteiger partial charge is 0.264 e. The fraction of sp³-hybridized carbons (Fsp3) is 0.558. The Morgan fingerprint density at radius 3 is 1.11 bits per heavy atom. The van der Waals surface area contributed by atoms with E-state index in [-0.39, 0.29) is 97.3 Å². The summed E-state index contributed by atoms with van der Waals surface area (Å²) < 4.78 is 0. The second-order valence-electron chi connectivity index (χ2n) is 27.4. The third kappa shape index (κ3) is 38.6. The van der Waals surface area contributed by atoms with Crippen LogP contribution < -0.4 is 0 Å². The molecule has 0 saturated carbocycles. The smallest absolute Gasteiger partial charge is 0.125 e. The summed E-state index contributed by atoms with van der Waals surface area (Å²) in [6.45, 7) is 60.2. The Hall–Kier alpha value is -6.02. The average molecular weight is 1170 g/mol. The zero-order valence-electron chi connectivity index (χ0n) is 53.6. The first-order chi connectivity index (χ1) is 35.0. The summed E-state index contributed by atoms with van der Waals surface area (Å²) in [5, 5.41) is 0. The second kappa shape index (κ2) is 41.1. The lowest BCUT2D eigenvalue weighted by atomic mass is 9.86. The number of aryl methyl sites for hydroxylation is 7. The van der Waals surface area contributed by atoms with E-state index < -0.39 is 0 Å². The summed E-state index contributed by atoms with van der Waals surface area (Å²) in [6, 6.07) is 24.9. The number of hydrogen-bond donors (Lipinski definition) is 0. The van der Waals surface area contributed by atoms with Gasteiger partial charge in [-0.1, -0.05) is 223 Å². The van der Waals surface area contributed by atoms with E-state index in [0.29, 0.717) is 0 Å². The zero-order chi connectivity index (χ0) is 59.4. The molecule has 0 saturated heterocycles. The van der Waals surface area contributed by atoms with Crippen LogP contribution in [0.5, 0.6) is 0 Å². The van der Waals surface area contributed by atoms with Gasteiger partial charge in [-0.05, 0) is 169 Å². The topological polar surface area (TPSA) is 103 Å². The highest BCUT2D eigenvalue weighted by molar-refractivity contribution is 5.29. The number of nitrogens with zero attached hydrogens (tertiary/aromatic N) is 8. The number of rotatable bonds is 0. The van der Waals surface area contributed by atoms with E-state index in [4.69, 9.17) is 0 Å². The van der Waals surface area contributed by atoms with Gasteiger partial charge in [0, 0.05) is 94.6 Å². The molecule has 0 amide bonds. The van der Waals surface area contributed by atoms with Gasteiger partial charge in [-0.15, -0.1) is 0 Å². The Bertz CT molecular complexity index is 2530. The summed E-state index contributed by atoms with van der Waals surface area (Å²) in [4.78, 5) is 33.8. The summed E-state index contributed by atoms with van der Waals surface area (Å²) in [5.74, 6) is 0.831. The van der Waals surface area contributed by atoms with Crippen molar-refractivity contribution in [1.82, 2.24) is 39.9 Å². The van der Waals surface area contributed by atoms with E-state index in [1.165, 1.54) is 38.9 Å². The first-order valence-corrected chi connectivity index (χ1v) is 27.4. The molecule has 0 aliphatic carbocycles. The maximum absolute atomic E-state index is 4.44. The normalized spacial score (nSPS) is 10.5. The van der Waals surface area contributed by atoms with Crippen LogP contribution in [0, 0.1) is 48.5 Å². The molecule has 0 aliphatic rings. The van der Waals surface area contributed by atoms with E-state index >= 15 is 0 Å². The molecule has 0 unspecified atom stereocenters. The molecule has 8 nitrogen and oxygen atoms in total. The van der Waals surface area contributed by atoms with E-state index in [9.17, 15) is 0 Å². The van der Waals surface area contributed by atoms with Gasteiger partial charge in [0.1, 0.15) is 5.82 Å². The Morgan fingerprint density at radius 2 is 0.776 bits per heavy atom. The minimum absolute atomic E-state index is 0. The van der Waals surface area contributed by atoms with Crippen molar-refractivity contribution in [3.63, 3.8) is 0 Å². The highest BCUT2D eigenvalue weighted by Gasteiger charge is 2.19. The predicted octanol–water partition coefficient (Wildman–Crippen LogP) is 23.3. The van der Waals surface area contributed by atoms with Gasteiger partial charge < -0.3 is 0 Å². The Labute approximate surface area is 529 Å². The second-order valence-corrected chi connectivity index (χ2v) is 27.4. The van der Waals surface area contributed by atoms with Crippen LogP contribution in [0.25, 0.3) is 0 Å². The molecule has 484 valence electrons. The molecule has 0 bridgehead atoms. The molecule has 8 heteroatoms. The van der Waals surface area contributed by atoms with Crippen LogP contribution in [0.15, 0.2) is 122 Å². The summed E-state index contributed by atoms with van der Waals surface area (Å²) in [6.07, 6.45) is 15.1. The molecule has 0 aliphatic heterocycles. The van der Waals surface area contributed by atoms with Crippen LogP contribution in [-0.2, 0) is 37.9 Å². The number of hydrogen-bond acceptors (Lipinski definition) is 8. The lowest BCUT2D eigenvalue weighted by Gasteiger charge is -2.20. The van der Waals surface area contributed by atoms with Gasteiger partial charge in [0.2, 0.25) is 0 Å². The van der Waals surface area contributed by atoms with Gasteiger partial charge in [-0.3, -0.25) is 29.9 Å². The van der Waals surface area contributed by atoms with Crippen molar-refractivity contribution in [3.8, 4) is 0 Å². The third-order valence-electron chi connectivity index (χ3n) is 12.2. The van der Waals surface area contributed by atoms with Crippen LogP contribution in [0.3, 0.4) is 0 Å². The molecule has 85 heavy (non-hydrogen) atoms. The minimum Gasteiger partial charge on any atom is -0.264 e. The zero-order valence-corrected chi connectivity index (χ0v) is 53.6. The molecule has 7 aromatic heterocycles. The van der Waals surface area contributed by atoms with Gasteiger partial charge in [0.05, 0.1) is 0 Å². The van der Waals surface area contributed by atoms with Gasteiger partial charge in [-0.2, -0.15) is 0 Å². The molecule has 0 aromatic carbocycles. The van der Waals surface area contributed by atoms with Crippen LogP contribution in [0.4, 0.5) is 0 Å². The van der Waals surface area contributed by atoms with Crippen molar-refractivity contribution in [2.75, 3.05) is 0 Å². The maximum Gasteiger partial charge on any atom is 0.125 e. The quantitative estimate of drug-likeness (QED) is 0.148. The number of aromatic nitrogens is 8. The van der Waals surface area contributed by atoms with Gasteiger partial charge in [0.25, 0.3) is 0 Å². The minimum atomic E-state index is 0. The summed E-state index contributed by atoms with van der Waals surface area (Å²) in [7, 11) is 0. The Morgan fingerprint density at radius 1 is 0.294 bits per heavy atom. The molecule has 0 radical (unpaired) electrons. The predicted molar refractivity (Wildman–Crippen MR) is 385 cm³/mol. The molecule has 0 atom stereocenters. The first kappa shape index (κ1) is 95.3. The fourth-order valence-corrected chi connectivity index (χ4v) is 7.14. The van der Waals surface area contributed by atoms with Crippen molar-refractivity contribution in [2.24, 2.45) is 0 Å². The Balaban J connectivity index is -0.000000134. The highest BCUT2D eigenvalue weighted by atomic mass is 14.8. The maximum atomic E-state index is 4.44. The van der Waals surface area contributed by atoms with E-state index in [1.807, 2.05) is 95.5 Å². The van der Waals surface area contributed by atoms with Gasteiger partial charge in [-0.25, -0.2) is 9.97 Å². The SMILES string of the molecule is C.C.C.C.C.C.C.C.Cc1cc(C(C)(C)C)ccn1.Cc1ccc(C(C)(C)C)cn1.Cc1cccc(C(C)(C)C)n1.Cc1ccnc(C(C)(C)C)c1.Cc1ccncc1C(C)(C)C.Cc1ncc(C(C)(C)C)cn1.Cc1ncccc1C(C)(C)C. The van der Waals surface area contributed by atoms with Crippen molar-refractivity contribution in [1.29, 1.82) is 0 Å². The van der Waals surface area contributed by atoms with Crippen LogP contribution in [0.2, 0.25) is 0 Å². The van der Waals surface area contributed by atoms with Gasteiger partial charge in [0.15, 0.2) is 0 Å². The van der Waals surface area contributed by atoms with Crippen LogP contribution in [-0.4, -0.2) is 39.9 Å². The van der Waals surface area contributed by atoms with Crippen molar-refractivity contribution < 1.29 is 0 Å². The molecule has 0 N–H and O–H groups in total. The van der Waals surface area contributed by atoms with Crippen LogP contribution >= 0.6 is 0 Å². The average Bonchev–Trinajstić information content (AvgIpc) is 3.29. The van der Waals surface area contributed by atoms with E-state index in [0.717, 1.165) is 40.0 Å². The van der Waals surface area contributed by atoms with Gasteiger partial charge >= 0.3 is 0 Å². The van der Waals surface area contributed by atoms with E-state index in [2.05, 4.69) is 261 Å². The van der Waals surface area contributed by atoms with Crippen molar-refractivity contribution in [3.05, 3.63) is 201 Å². The standard InChI is InChI=1S/6C10H15N.C9H14N2.8CH4/c1-8-7-9(5-6-11-8)10(2,3)4;1-8-5-6-11-7-9(8)10(2,3)4;1-8-5-6-9(7-11-8)10(2,3)4;1-8-5-6-11-9(7-8)10(2,3)4;1-8-9(10(2,3)4)6-5-7-11-8;1-8-6-5-7-9(11-8)10(2,3)4;1-7-10-5-8(6-11-7)9(2,3)4;;;;;;;;/h6*5-7H,1-4H3;5-6H,1-4H3;8*1H4. The molecular weight excluding hydrogens is 1040 g/mol. The molecule has 7 aromatic rings. The monoisotopic (exact) mass is 1170 g/mol. The molecule has 0 fully saturated rings. The summed E-state index contributed by atoms with van der Waals surface area (Å²) in [5.41, 5.74) is 17.3. The van der Waals surface area contributed by atoms with Crippen LogP contribution in [0.1, 0.15) is 284 Å². The van der Waals surface area contributed by atoms with E-state index in [1.54, 1.807) is 0 Å². The Kier molecular flexibility index (Phi) is 46.1. The molecular formula is C77H136N8. The third-order valence-corrected chi connectivity index (χ3v) is 12.2. The summed E-state index contributed by atoms with van der Waals surface area (Å²) >= 11 is 0. The number of pyridine rings is 6. The fourth-order valence-electron chi connectivity index (χ4n) is 7.14. The van der Waals surface area contributed by atoms with Crippen molar-refractivity contribution in [2.45, 2.75) is 291 Å². The lowest BCUT2D eigenvalue weighted by Crippen LogP contribution is -2.13. The molecule has 7 rings (SSSR count). The first-order valence-electron chi connectivity index (χ1n) is 27.4.